The van der Waals surface area contributed by atoms with Crippen molar-refractivity contribution in [3.05, 3.63) is 46.4 Å². The Morgan fingerprint density at radius 1 is 1.25 bits per heavy atom. The topological polar surface area (TPSA) is 71.5 Å². The highest BCUT2D eigenvalue weighted by molar-refractivity contribution is 7.09. The molecular formula is C21H27N3O3S. The van der Waals surface area contributed by atoms with E-state index in [4.69, 9.17) is 4.74 Å². The molecule has 3 rings (SSSR count). The van der Waals surface area contributed by atoms with Gasteiger partial charge in [0.15, 0.2) is 6.61 Å². The van der Waals surface area contributed by atoms with E-state index in [1.807, 2.05) is 35.7 Å². The number of benzene rings is 1. The summed E-state index contributed by atoms with van der Waals surface area (Å²) in [6.07, 6.45) is 1.36. The van der Waals surface area contributed by atoms with Crippen LogP contribution in [0.2, 0.25) is 0 Å². The third-order valence-corrected chi connectivity index (χ3v) is 6.03. The molecule has 0 bridgehead atoms. The van der Waals surface area contributed by atoms with Crippen LogP contribution in [0.4, 0.5) is 0 Å². The van der Waals surface area contributed by atoms with Gasteiger partial charge in [0.05, 0.1) is 17.2 Å². The summed E-state index contributed by atoms with van der Waals surface area (Å²) in [5, 5.41) is 6.08. The number of hydrogen-bond acceptors (Lipinski definition) is 5. The molecule has 2 amide bonds. The predicted molar refractivity (Wildman–Crippen MR) is 109 cm³/mol. The van der Waals surface area contributed by atoms with E-state index in [9.17, 15) is 9.59 Å². The molecule has 1 aromatic heterocycles. The molecule has 7 heteroatoms. The van der Waals surface area contributed by atoms with Crippen LogP contribution >= 0.6 is 11.3 Å². The van der Waals surface area contributed by atoms with Crippen LogP contribution in [0.3, 0.4) is 0 Å². The molecule has 150 valence electrons. The van der Waals surface area contributed by atoms with Crippen molar-refractivity contribution in [2.75, 3.05) is 19.7 Å². The van der Waals surface area contributed by atoms with E-state index in [1.54, 1.807) is 16.2 Å². The number of likely N-dealkylation sites (tertiary alicyclic amines) is 1. The van der Waals surface area contributed by atoms with Gasteiger partial charge in [0.25, 0.3) is 5.91 Å². The molecule has 2 aromatic rings. The number of nitrogens with one attached hydrogen (secondary N) is 1. The van der Waals surface area contributed by atoms with Gasteiger partial charge in [-0.25, -0.2) is 4.98 Å². The molecule has 1 fully saturated rings. The SMILES string of the molecule is CC(C)c1nc(CNC(=O)C2CCN(C(=O)COc3ccccc3)CC2)cs1. The van der Waals surface area contributed by atoms with Crippen molar-refractivity contribution in [1.82, 2.24) is 15.2 Å². The summed E-state index contributed by atoms with van der Waals surface area (Å²) in [5.74, 6) is 1.05. The van der Waals surface area contributed by atoms with Gasteiger partial charge < -0.3 is 15.0 Å². The van der Waals surface area contributed by atoms with Crippen molar-refractivity contribution in [3.63, 3.8) is 0 Å². The summed E-state index contributed by atoms with van der Waals surface area (Å²) in [4.78, 5) is 31.1. The molecule has 1 N–H and O–H groups in total. The molecule has 0 spiro atoms. The maximum absolute atomic E-state index is 12.4. The predicted octanol–water partition coefficient (Wildman–Crippen LogP) is 3.20. The highest BCUT2D eigenvalue weighted by Gasteiger charge is 2.27. The van der Waals surface area contributed by atoms with Crippen molar-refractivity contribution in [3.8, 4) is 5.75 Å². The van der Waals surface area contributed by atoms with Gasteiger partial charge in [-0.2, -0.15) is 0 Å². The molecule has 0 atom stereocenters. The Morgan fingerprint density at radius 2 is 1.96 bits per heavy atom. The van der Waals surface area contributed by atoms with Crippen molar-refractivity contribution >= 4 is 23.2 Å². The van der Waals surface area contributed by atoms with E-state index in [2.05, 4.69) is 24.1 Å². The van der Waals surface area contributed by atoms with Crippen LogP contribution in [0.15, 0.2) is 35.7 Å². The smallest absolute Gasteiger partial charge is 0.260 e. The van der Waals surface area contributed by atoms with Gasteiger partial charge in [-0.3, -0.25) is 9.59 Å². The Balaban J connectivity index is 1.39. The molecule has 1 saturated heterocycles. The van der Waals surface area contributed by atoms with E-state index in [0.717, 1.165) is 10.7 Å². The summed E-state index contributed by atoms with van der Waals surface area (Å²) in [5.41, 5.74) is 0.910. The fourth-order valence-corrected chi connectivity index (χ4v) is 3.97. The Kier molecular flexibility index (Phi) is 7.03. The number of carbonyl (C=O) groups excluding carboxylic acids is 2. The third-order valence-electron chi connectivity index (χ3n) is 4.83. The molecule has 28 heavy (non-hydrogen) atoms. The largest absolute Gasteiger partial charge is 0.484 e. The first-order valence-corrected chi connectivity index (χ1v) is 10.6. The number of ether oxygens (including phenoxy) is 1. The lowest BCUT2D eigenvalue weighted by Crippen LogP contribution is -2.44. The van der Waals surface area contributed by atoms with Crippen LogP contribution in [0.25, 0.3) is 0 Å². The second kappa shape index (κ2) is 9.68. The lowest BCUT2D eigenvalue weighted by molar-refractivity contribution is -0.137. The summed E-state index contributed by atoms with van der Waals surface area (Å²) >= 11 is 1.63. The molecule has 1 aromatic carbocycles. The quantitative estimate of drug-likeness (QED) is 0.773. The van der Waals surface area contributed by atoms with E-state index >= 15 is 0 Å². The van der Waals surface area contributed by atoms with Crippen molar-refractivity contribution < 1.29 is 14.3 Å². The second-order valence-electron chi connectivity index (χ2n) is 7.31. The number of aromatic nitrogens is 1. The van der Waals surface area contributed by atoms with Gasteiger partial charge in [-0.05, 0) is 25.0 Å². The van der Waals surface area contributed by atoms with Crippen LogP contribution in [-0.2, 0) is 16.1 Å². The van der Waals surface area contributed by atoms with E-state index in [1.165, 1.54) is 0 Å². The molecule has 0 aliphatic carbocycles. The minimum Gasteiger partial charge on any atom is -0.484 e. The molecule has 0 saturated carbocycles. The molecule has 6 nitrogen and oxygen atoms in total. The molecular weight excluding hydrogens is 374 g/mol. The van der Waals surface area contributed by atoms with Crippen LogP contribution in [0.5, 0.6) is 5.75 Å². The number of amides is 2. The number of rotatable bonds is 7. The fourth-order valence-electron chi connectivity index (χ4n) is 3.14. The number of carbonyl (C=O) groups is 2. The summed E-state index contributed by atoms with van der Waals surface area (Å²) in [6, 6.07) is 9.31. The van der Waals surface area contributed by atoms with Gasteiger partial charge in [0, 0.05) is 30.3 Å². The Labute approximate surface area is 169 Å². The van der Waals surface area contributed by atoms with Crippen molar-refractivity contribution in [2.24, 2.45) is 5.92 Å². The zero-order valence-corrected chi connectivity index (χ0v) is 17.2. The standard InChI is InChI=1S/C21H27N3O3S/c1-15(2)21-23-17(14-28-21)12-22-20(26)16-8-10-24(11-9-16)19(25)13-27-18-6-4-3-5-7-18/h3-7,14-16H,8-13H2,1-2H3,(H,22,26). The van der Waals surface area contributed by atoms with Crippen LogP contribution < -0.4 is 10.1 Å². The van der Waals surface area contributed by atoms with Crippen LogP contribution in [0.1, 0.15) is 43.3 Å². The van der Waals surface area contributed by atoms with Crippen molar-refractivity contribution in [1.29, 1.82) is 0 Å². The highest BCUT2D eigenvalue weighted by atomic mass is 32.1. The molecule has 1 aliphatic rings. The van der Waals surface area contributed by atoms with Gasteiger partial charge >= 0.3 is 0 Å². The average Bonchev–Trinajstić information content (AvgIpc) is 3.20. The lowest BCUT2D eigenvalue weighted by atomic mass is 9.96. The first kappa shape index (κ1) is 20.3. The Bertz CT molecular complexity index is 783. The zero-order valence-electron chi connectivity index (χ0n) is 16.4. The Hall–Kier alpha value is -2.41. The highest BCUT2D eigenvalue weighted by Crippen LogP contribution is 2.20. The molecule has 0 radical (unpaired) electrons. The average molecular weight is 402 g/mol. The maximum Gasteiger partial charge on any atom is 0.260 e. The number of piperidine rings is 1. The van der Waals surface area contributed by atoms with E-state index in [-0.39, 0.29) is 24.3 Å². The van der Waals surface area contributed by atoms with Crippen LogP contribution in [-0.4, -0.2) is 41.4 Å². The monoisotopic (exact) mass is 401 g/mol. The third kappa shape index (κ3) is 5.55. The molecule has 0 unspecified atom stereocenters. The minimum absolute atomic E-state index is 0.0306. The normalized spacial score (nSPS) is 14.9. The maximum atomic E-state index is 12.4. The zero-order chi connectivity index (χ0) is 19.9. The lowest BCUT2D eigenvalue weighted by Gasteiger charge is -2.31. The van der Waals surface area contributed by atoms with Gasteiger partial charge in [-0.15, -0.1) is 11.3 Å². The first-order chi connectivity index (χ1) is 13.5. The van der Waals surface area contributed by atoms with Crippen LogP contribution in [0, 0.1) is 5.92 Å². The number of hydrogen-bond donors (Lipinski definition) is 1. The molecule has 1 aliphatic heterocycles. The second-order valence-corrected chi connectivity index (χ2v) is 8.20. The number of para-hydroxylation sites is 1. The summed E-state index contributed by atoms with van der Waals surface area (Å²) in [7, 11) is 0. The number of nitrogens with zero attached hydrogens (tertiary/aromatic N) is 2. The van der Waals surface area contributed by atoms with Crippen molar-refractivity contribution in [2.45, 2.75) is 39.2 Å². The fraction of sp³-hybridized carbons (Fsp3) is 0.476. The van der Waals surface area contributed by atoms with Gasteiger partial charge in [-0.1, -0.05) is 32.0 Å². The van der Waals surface area contributed by atoms with Gasteiger partial charge in [0.2, 0.25) is 5.91 Å². The van der Waals surface area contributed by atoms with E-state index < -0.39 is 0 Å². The Morgan fingerprint density at radius 3 is 2.61 bits per heavy atom. The van der Waals surface area contributed by atoms with Gasteiger partial charge in [0.1, 0.15) is 5.75 Å². The first-order valence-electron chi connectivity index (χ1n) is 9.70. The van der Waals surface area contributed by atoms with E-state index in [0.29, 0.717) is 44.1 Å². The number of thiazole rings is 1. The summed E-state index contributed by atoms with van der Waals surface area (Å²) in [6.45, 7) is 5.89. The molecule has 2 heterocycles. The minimum atomic E-state index is -0.0534. The summed E-state index contributed by atoms with van der Waals surface area (Å²) < 4.78 is 5.53.